The van der Waals surface area contributed by atoms with E-state index in [1.165, 1.54) is 36.2 Å². The molecular weight excluding hydrogens is 476 g/mol. The van der Waals surface area contributed by atoms with Crippen LogP contribution in [0.5, 0.6) is 0 Å². The standard InChI is InChI=1S/C22H16F4N4O3S/c1-28-18(31)15-5-4-14(9-17(15)23)30-20(34)29(19(32)21(30)6-7-33-11-21)13-3-2-12(10-27)16(8-13)22(24,25)26/h2-5,8-9H,6-7,11H2,1H3,(H,28,31)/t21-/m0/s1. The number of nitrogens with one attached hydrogen (secondary N) is 1. The number of anilines is 2. The highest BCUT2D eigenvalue weighted by Gasteiger charge is 2.58. The average molecular weight is 492 g/mol. The highest BCUT2D eigenvalue weighted by Crippen LogP contribution is 2.43. The first-order chi connectivity index (χ1) is 16.0. The molecule has 2 heterocycles. The third kappa shape index (κ3) is 3.57. The first-order valence-electron chi connectivity index (χ1n) is 9.94. The molecule has 1 N–H and O–H groups in total. The summed E-state index contributed by atoms with van der Waals surface area (Å²) in [6.45, 7) is 0.0579. The van der Waals surface area contributed by atoms with E-state index < -0.39 is 40.5 Å². The Bertz CT molecular complexity index is 1250. The lowest BCUT2D eigenvalue weighted by Gasteiger charge is -2.31. The molecule has 0 saturated carbocycles. The van der Waals surface area contributed by atoms with E-state index in [4.69, 9.17) is 22.2 Å². The summed E-state index contributed by atoms with van der Waals surface area (Å²) in [4.78, 5) is 27.7. The Balaban J connectivity index is 1.83. The quantitative estimate of drug-likeness (QED) is 0.523. The number of ether oxygens (including phenoxy) is 1. The minimum absolute atomic E-state index is 0.121. The minimum atomic E-state index is -4.84. The van der Waals surface area contributed by atoms with Crippen LogP contribution in [0.4, 0.5) is 28.9 Å². The van der Waals surface area contributed by atoms with Crippen LogP contribution in [0.3, 0.4) is 0 Å². The molecule has 34 heavy (non-hydrogen) atoms. The largest absolute Gasteiger partial charge is 0.417 e. The van der Waals surface area contributed by atoms with E-state index in [2.05, 4.69) is 5.32 Å². The van der Waals surface area contributed by atoms with Crippen LogP contribution in [0, 0.1) is 17.1 Å². The smallest absolute Gasteiger partial charge is 0.378 e. The molecule has 2 aliphatic heterocycles. The van der Waals surface area contributed by atoms with Gasteiger partial charge in [-0.05, 0) is 48.6 Å². The number of nitrogens with zero attached hydrogens (tertiary/aromatic N) is 3. The van der Waals surface area contributed by atoms with Gasteiger partial charge >= 0.3 is 6.18 Å². The summed E-state index contributed by atoms with van der Waals surface area (Å²) >= 11 is 5.49. The zero-order chi connectivity index (χ0) is 24.8. The van der Waals surface area contributed by atoms with Crippen molar-refractivity contribution in [3.05, 3.63) is 58.9 Å². The van der Waals surface area contributed by atoms with Gasteiger partial charge in [0.05, 0.1) is 35.1 Å². The van der Waals surface area contributed by atoms with Gasteiger partial charge in [0, 0.05) is 25.8 Å². The Morgan fingerprint density at radius 3 is 2.50 bits per heavy atom. The monoisotopic (exact) mass is 492 g/mol. The fraction of sp³-hybridized carbons (Fsp3) is 0.273. The molecule has 7 nitrogen and oxygen atoms in total. The van der Waals surface area contributed by atoms with Crippen LogP contribution in [0.25, 0.3) is 0 Å². The van der Waals surface area contributed by atoms with E-state index >= 15 is 0 Å². The highest BCUT2D eigenvalue weighted by molar-refractivity contribution is 7.81. The van der Waals surface area contributed by atoms with Gasteiger partial charge in [0.25, 0.3) is 11.8 Å². The van der Waals surface area contributed by atoms with E-state index in [1.54, 1.807) is 0 Å². The van der Waals surface area contributed by atoms with Crippen LogP contribution in [0.15, 0.2) is 36.4 Å². The van der Waals surface area contributed by atoms with Crippen LogP contribution < -0.4 is 15.1 Å². The van der Waals surface area contributed by atoms with Gasteiger partial charge in [-0.15, -0.1) is 0 Å². The molecule has 2 aromatic rings. The van der Waals surface area contributed by atoms with Crippen molar-refractivity contribution in [1.82, 2.24) is 5.32 Å². The first-order valence-corrected chi connectivity index (χ1v) is 10.4. The number of nitriles is 1. The summed E-state index contributed by atoms with van der Waals surface area (Å²) < 4.78 is 60.7. The van der Waals surface area contributed by atoms with E-state index in [0.717, 1.165) is 17.0 Å². The number of hydrogen-bond acceptors (Lipinski definition) is 5. The third-order valence-electron chi connectivity index (χ3n) is 5.78. The Morgan fingerprint density at radius 2 is 1.94 bits per heavy atom. The predicted molar refractivity (Wildman–Crippen MR) is 117 cm³/mol. The van der Waals surface area contributed by atoms with Gasteiger partial charge < -0.3 is 15.0 Å². The second-order valence-corrected chi connectivity index (χ2v) is 8.04. The molecule has 12 heteroatoms. The molecule has 0 aliphatic carbocycles. The summed E-state index contributed by atoms with van der Waals surface area (Å²) in [6.07, 6.45) is -4.68. The molecule has 0 unspecified atom stereocenters. The maximum Gasteiger partial charge on any atom is 0.417 e. The fourth-order valence-electron chi connectivity index (χ4n) is 4.12. The van der Waals surface area contributed by atoms with Gasteiger partial charge in [0.1, 0.15) is 5.82 Å². The molecule has 2 saturated heterocycles. The van der Waals surface area contributed by atoms with Crippen molar-refractivity contribution in [1.29, 1.82) is 5.26 Å². The van der Waals surface area contributed by atoms with Crippen LogP contribution in [0.2, 0.25) is 0 Å². The zero-order valence-corrected chi connectivity index (χ0v) is 18.4. The summed E-state index contributed by atoms with van der Waals surface area (Å²) in [7, 11) is 1.35. The summed E-state index contributed by atoms with van der Waals surface area (Å²) in [5.74, 6) is -2.15. The lowest BCUT2D eigenvalue weighted by Crippen LogP contribution is -2.50. The molecular formula is C22H16F4N4O3S. The Hall–Kier alpha value is -3.56. The number of thiocarbonyl (C=S) groups is 1. The number of hydrogen-bond donors (Lipinski definition) is 1. The Labute approximate surface area is 196 Å². The lowest BCUT2D eigenvalue weighted by molar-refractivity contribution is -0.137. The maximum absolute atomic E-state index is 14.7. The number of rotatable bonds is 3. The maximum atomic E-state index is 14.7. The SMILES string of the molecule is CNC(=O)c1ccc(N2C(=S)N(c3ccc(C#N)c(C(F)(F)F)c3)C(=O)[C@@]23CCOC3)cc1F. The normalized spacial score (nSPS) is 20.2. The van der Waals surface area contributed by atoms with Crippen molar-refractivity contribution in [2.75, 3.05) is 30.1 Å². The minimum Gasteiger partial charge on any atom is -0.378 e. The van der Waals surface area contributed by atoms with Crippen molar-refractivity contribution >= 4 is 40.5 Å². The predicted octanol–water partition coefficient (Wildman–Crippen LogP) is 3.37. The van der Waals surface area contributed by atoms with E-state index in [9.17, 15) is 27.2 Å². The molecule has 4 rings (SSSR count). The van der Waals surface area contributed by atoms with Crippen molar-refractivity contribution in [2.45, 2.75) is 18.1 Å². The average Bonchev–Trinajstić information content (AvgIpc) is 3.36. The Kier molecular flexibility index (Phi) is 5.79. The number of alkyl halides is 3. The van der Waals surface area contributed by atoms with E-state index in [-0.39, 0.29) is 41.7 Å². The summed E-state index contributed by atoms with van der Waals surface area (Å²) in [6, 6.07) is 8.00. The number of amides is 2. The Morgan fingerprint density at radius 1 is 1.24 bits per heavy atom. The van der Waals surface area contributed by atoms with Crippen LogP contribution >= 0.6 is 12.2 Å². The number of halogens is 4. The fourth-order valence-corrected chi connectivity index (χ4v) is 4.59. The number of carbonyl (C=O) groups excluding carboxylic acids is 2. The number of benzene rings is 2. The third-order valence-corrected chi connectivity index (χ3v) is 6.15. The first kappa shape index (κ1) is 23.6. The number of carbonyl (C=O) groups is 2. The van der Waals surface area contributed by atoms with E-state index in [0.29, 0.717) is 6.07 Å². The molecule has 2 fully saturated rings. The second-order valence-electron chi connectivity index (χ2n) is 7.68. The van der Waals surface area contributed by atoms with Gasteiger partial charge in [-0.3, -0.25) is 14.5 Å². The van der Waals surface area contributed by atoms with Crippen molar-refractivity contribution < 1.29 is 31.9 Å². The molecule has 2 amide bonds. The molecule has 2 aromatic carbocycles. The zero-order valence-electron chi connectivity index (χ0n) is 17.6. The van der Waals surface area contributed by atoms with Gasteiger partial charge in [0.2, 0.25) is 0 Å². The lowest BCUT2D eigenvalue weighted by atomic mass is 9.95. The molecule has 176 valence electrons. The molecule has 0 radical (unpaired) electrons. The van der Waals surface area contributed by atoms with E-state index in [1.807, 2.05) is 0 Å². The van der Waals surface area contributed by atoms with Gasteiger partial charge in [-0.1, -0.05) is 0 Å². The van der Waals surface area contributed by atoms with Crippen molar-refractivity contribution in [2.24, 2.45) is 0 Å². The molecule has 0 bridgehead atoms. The topological polar surface area (TPSA) is 85.7 Å². The van der Waals surface area contributed by atoms with Gasteiger partial charge in [0.15, 0.2) is 10.7 Å². The van der Waals surface area contributed by atoms with Crippen molar-refractivity contribution in [3.8, 4) is 6.07 Å². The molecule has 0 aromatic heterocycles. The summed E-state index contributed by atoms with van der Waals surface area (Å²) in [5.41, 5.74) is -3.47. The molecule has 2 aliphatic rings. The molecule has 1 spiro atoms. The second kappa shape index (κ2) is 8.34. The molecule has 1 atom stereocenters. The van der Waals surface area contributed by atoms with Gasteiger partial charge in [-0.25, -0.2) is 4.39 Å². The summed E-state index contributed by atoms with van der Waals surface area (Å²) in [5, 5.41) is 11.2. The van der Waals surface area contributed by atoms with Crippen LogP contribution in [0.1, 0.15) is 27.9 Å². The van der Waals surface area contributed by atoms with Gasteiger partial charge in [-0.2, -0.15) is 18.4 Å². The van der Waals surface area contributed by atoms with Crippen molar-refractivity contribution in [3.63, 3.8) is 0 Å². The highest BCUT2D eigenvalue weighted by atomic mass is 32.1. The van der Waals surface area contributed by atoms with Crippen LogP contribution in [-0.2, 0) is 15.7 Å². The van der Waals surface area contributed by atoms with Crippen LogP contribution in [-0.4, -0.2) is 42.7 Å².